The SMILES string of the molecule is O=C(c1ccc2ccccc2n1)N1CCCC2(CC(CN3CCCC3)CO2)C1. The van der Waals surface area contributed by atoms with Crippen molar-refractivity contribution >= 4 is 16.8 Å². The highest BCUT2D eigenvalue weighted by molar-refractivity contribution is 5.95. The number of likely N-dealkylation sites (tertiary alicyclic amines) is 2. The van der Waals surface area contributed by atoms with Gasteiger partial charge in [-0.05, 0) is 63.2 Å². The number of piperidine rings is 1. The number of hydrogen-bond acceptors (Lipinski definition) is 4. The van der Waals surface area contributed by atoms with Crippen LogP contribution in [0.15, 0.2) is 36.4 Å². The minimum atomic E-state index is -0.144. The highest BCUT2D eigenvalue weighted by atomic mass is 16.5. The summed E-state index contributed by atoms with van der Waals surface area (Å²) in [6.07, 6.45) is 5.83. The fraction of sp³-hybridized carbons (Fsp3) is 0.565. The maximum absolute atomic E-state index is 13.1. The summed E-state index contributed by atoms with van der Waals surface area (Å²) < 4.78 is 6.35. The van der Waals surface area contributed by atoms with Crippen molar-refractivity contribution in [2.75, 3.05) is 39.3 Å². The topological polar surface area (TPSA) is 45.7 Å². The molecule has 5 heteroatoms. The molecule has 0 N–H and O–H groups in total. The van der Waals surface area contributed by atoms with Gasteiger partial charge in [0.1, 0.15) is 5.69 Å². The van der Waals surface area contributed by atoms with Crippen molar-refractivity contribution in [2.45, 2.75) is 37.7 Å². The van der Waals surface area contributed by atoms with Crippen molar-refractivity contribution in [1.29, 1.82) is 0 Å². The lowest BCUT2D eigenvalue weighted by Gasteiger charge is -2.39. The van der Waals surface area contributed by atoms with Gasteiger partial charge in [0.05, 0.1) is 24.3 Å². The number of carbonyl (C=O) groups excluding carboxylic acids is 1. The third-order valence-electron chi connectivity index (χ3n) is 6.65. The van der Waals surface area contributed by atoms with E-state index in [0.29, 0.717) is 18.2 Å². The van der Waals surface area contributed by atoms with Gasteiger partial charge in [-0.15, -0.1) is 0 Å². The number of aromatic nitrogens is 1. The van der Waals surface area contributed by atoms with E-state index in [1.165, 1.54) is 25.9 Å². The number of ether oxygens (including phenoxy) is 1. The molecule has 3 saturated heterocycles. The number of rotatable bonds is 3. The predicted molar refractivity (Wildman–Crippen MR) is 109 cm³/mol. The van der Waals surface area contributed by atoms with E-state index in [0.717, 1.165) is 49.9 Å². The number of pyridine rings is 1. The van der Waals surface area contributed by atoms with Crippen LogP contribution in [0, 0.1) is 5.92 Å². The van der Waals surface area contributed by atoms with E-state index in [4.69, 9.17) is 4.74 Å². The van der Waals surface area contributed by atoms with Crippen molar-refractivity contribution in [1.82, 2.24) is 14.8 Å². The quantitative estimate of drug-likeness (QED) is 0.821. The molecule has 2 atom stereocenters. The molecule has 2 unspecified atom stereocenters. The van der Waals surface area contributed by atoms with Crippen LogP contribution < -0.4 is 0 Å². The van der Waals surface area contributed by atoms with E-state index >= 15 is 0 Å². The molecule has 1 amide bonds. The lowest BCUT2D eigenvalue weighted by Crippen LogP contribution is -2.50. The van der Waals surface area contributed by atoms with Crippen LogP contribution in [0.1, 0.15) is 42.6 Å². The molecule has 5 rings (SSSR count). The Morgan fingerprint density at radius 2 is 1.96 bits per heavy atom. The van der Waals surface area contributed by atoms with Crippen LogP contribution in [0.25, 0.3) is 10.9 Å². The Kier molecular flexibility index (Phi) is 4.81. The zero-order chi connectivity index (χ0) is 19.0. The normalized spacial score (nSPS) is 28.4. The zero-order valence-corrected chi connectivity index (χ0v) is 16.5. The molecule has 1 aromatic carbocycles. The molecule has 3 aliphatic heterocycles. The van der Waals surface area contributed by atoms with Gasteiger partial charge in [-0.3, -0.25) is 4.79 Å². The summed E-state index contributed by atoms with van der Waals surface area (Å²) in [6.45, 7) is 5.98. The van der Waals surface area contributed by atoms with E-state index < -0.39 is 0 Å². The number of carbonyl (C=O) groups is 1. The largest absolute Gasteiger partial charge is 0.373 e. The summed E-state index contributed by atoms with van der Waals surface area (Å²) in [5.74, 6) is 0.642. The summed E-state index contributed by atoms with van der Waals surface area (Å²) in [7, 11) is 0. The Hall–Kier alpha value is -1.98. The average Bonchev–Trinajstić information content (AvgIpc) is 3.38. The first-order valence-corrected chi connectivity index (χ1v) is 10.7. The standard InChI is InChI=1S/C23H29N3O2/c27-22(21-9-8-19-6-1-2-7-20(19)24-21)26-13-5-10-23(17-26)14-18(16-28-23)15-25-11-3-4-12-25/h1-2,6-9,18H,3-5,10-17H2. The van der Waals surface area contributed by atoms with Gasteiger partial charge in [-0.25, -0.2) is 4.98 Å². The highest BCUT2D eigenvalue weighted by Crippen LogP contribution is 2.38. The Morgan fingerprint density at radius 1 is 1.11 bits per heavy atom. The van der Waals surface area contributed by atoms with Gasteiger partial charge in [0, 0.05) is 18.5 Å². The first-order valence-electron chi connectivity index (χ1n) is 10.7. The molecule has 1 aromatic heterocycles. The van der Waals surface area contributed by atoms with Crippen LogP contribution >= 0.6 is 0 Å². The number of amides is 1. The number of hydrogen-bond donors (Lipinski definition) is 0. The summed E-state index contributed by atoms with van der Waals surface area (Å²) in [5, 5.41) is 1.07. The Morgan fingerprint density at radius 3 is 2.86 bits per heavy atom. The second-order valence-electron chi connectivity index (χ2n) is 8.79. The van der Waals surface area contributed by atoms with Gasteiger partial charge < -0.3 is 14.5 Å². The van der Waals surface area contributed by atoms with Crippen molar-refractivity contribution in [3.05, 3.63) is 42.1 Å². The summed E-state index contributed by atoms with van der Waals surface area (Å²) in [5.41, 5.74) is 1.28. The van der Waals surface area contributed by atoms with Gasteiger partial charge in [-0.2, -0.15) is 0 Å². The average molecular weight is 380 g/mol. The third-order valence-corrected chi connectivity index (χ3v) is 6.65. The molecule has 5 nitrogen and oxygen atoms in total. The molecule has 0 bridgehead atoms. The smallest absolute Gasteiger partial charge is 0.272 e. The monoisotopic (exact) mass is 379 g/mol. The van der Waals surface area contributed by atoms with Crippen molar-refractivity contribution in [2.24, 2.45) is 5.92 Å². The first-order chi connectivity index (χ1) is 13.7. The van der Waals surface area contributed by atoms with Gasteiger partial charge in [-0.1, -0.05) is 24.3 Å². The molecule has 4 heterocycles. The lowest BCUT2D eigenvalue weighted by molar-refractivity contribution is -0.0451. The summed E-state index contributed by atoms with van der Waals surface area (Å²) >= 11 is 0. The fourth-order valence-corrected chi connectivity index (χ4v) is 5.29. The van der Waals surface area contributed by atoms with Crippen LogP contribution in [0.3, 0.4) is 0 Å². The number of nitrogens with zero attached hydrogens (tertiary/aromatic N) is 3. The van der Waals surface area contributed by atoms with Crippen molar-refractivity contribution in [3.63, 3.8) is 0 Å². The van der Waals surface area contributed by atoms with Gasteiger partial charge in [0.15, 0.2) is 0 Å². The maximum atomic E-state index is 13.1. The van der Waals surface area contributed by atoms with Crippen LogP contribution in [0.2, 0.25) is 0 Å². The van der Waals surface area contributed by atoms with Crippen LogP contribution in [-0.2, 0) is 4.74 Å². The van der Waals surface area contributed by atoms with Crippen LogP contribution in [0.5, 0.6) is 0 Å². The molecule has 0 radical (unpaired) electrons. The maximum Gasteiger partial charge on any atom is 0.272 e. The van der Waals surface area contributed by atoms with E-state index in [-0.39, 0.29) is 11.5 Å². The molecule has 3 aliphatic rings. The molecule has 1 spiro atoms. The van der Waals surface area contributed by atoms with Crippen LogP contribution in [-0.4, -0.2) is 65.6 Å². The number of benzene rings is 1. The van der Waals surface area contributed by atoms with Crippen LogP contribution in [0.4, 0.5) is 0 Å². The molecular formula is C23H29N3O2. The summed E-state index contributed by atoms with van der Waals surface area (Å²) in [6, 6.07) is 11.8. The predicted octanol–water partition coefficient (Wildman–Crippen LogP) is 3.34. The number of para-hydroxylation sites is 1. The van der Waals surface area contributed by atoms with Crippen molar-refractivity contribution in [3.8, 4) is 0 Å². The highest BCUT2D eigenvalue weighted by Gasteiger charge is 2.45. The van der Waals surface area contributed by atoms with E-state index in [2.05, 4.69) is 9.88 Å². The zero-order valence-electron chi connectivity index (χ0n) is 16.5. The Bertz CT molecular complexity index is 864. The van der Waals surface area contributed by atoms with Gasteiger partial charge >= 0.3 is 0 Å². The third kappa shape index (κ3) is 3.53. The minimum Gasteiger partial charge on any atom is -0.373 e. The van der Waals surface area contributed by atoms with Crippen molar-refractivity contribution < 1.29 is 9.53 Å². The minimum absolute atomic E-state index is 0.0384. The molecule has 3 fully saturated rings. The van der Waals surface area contributed by atoms with E-state index in [1.807, 2.05) is 41.3 Å². The van der Waals surface area contributed by atoms with Gasteiger partial charge in [0.25, 0.3) is 5.91 Å². The fourth-order valence-electron chi connectivity index (χ4n) is 5.29. The second-order valence-corrected chi connectivity index (χ2v) is 8.79. The lowest BCUT2D eigenvalue weighted by atomic mass is 9.86. The van der Waals surface area contributed by atoms with E-state index in [9.17, 15) is 4.79 Å². The first kappa shape index (κ1) is 18.1. The number of fused-ring (bicyclic) bond motifs is 1. The molecule has 0 aliphatic carbocycles. The molecule has 2 aromatic rings. The second kappa shape index (κ2) is 7.45. The molecule has 0 saturated carbocycles. The Balaban J connectivity index is 1.27. The summed E-state index contributed by atoms with van der Waals surface area (Å²) in [4.78, 5) is 22.3. The Labute approximate surface area is 166 Å². The molecule has 148 valence electrons. The molecule has 28 heavy (non-hydrogen) atoms. The van der Waals surface area contributed by atoms with E-state index in [1.54, 1.807) is 0 Å². The molecular weight excluding hydrogens is 350 g/mol. The van der Waals surface area contributed by atoms with Gasteiger partial charge in [0.2, 0.25) is 0 Å².